The number of sulfone groups is 1. The van der Waals surface area contributed by atoms with Crippen molar-refractivity contribution in [2.45, 2.75) is 12.5 Å². The van der Waals surface area contributed by atoms with Crippen molar-refractivity contribution in [1.29, 1.82) is 0 Å². The Bertz CT molecular complexity index is 967. The first-order chi connectivity index (χ1) is 11.8. The number of likely N-dealkylation sites (N-methyl/N-ethyl adjacent to an activating group) is 1. The van der Waals surface area contributed by atoms with Crippen LogP contribution >= 0.6 is 24.0 Å². The molecule has 2 amide bonds. The van der Waals surface area contributed by atoms with Crippen molar-refractivity contribution in [3.8, 4) is 0 Å². The maximum Gasteiger partial charge on any atom is 0.267 e. The molecule has 9 heteroatoms. The van der Waals surface area contributed by atoms with Crippen molar-refractivity contribution >= 4 is 61.2 Å². The van der Waals surface area contributed by atoms with Gasteiger partial charge in [0.2, 0.25) is 0 Å². The van der Waals surface area contributed by atoms with Gasteiger partial charge in [-0.1, -0.05) is 42.2 Å². The molecule has 25 heavy (non-hydrogen) atoms. The Hall–Kier alpha value is -1.71. The van der Waals surface area contributed by atoms with Crippen molar-refractivity contribution in [2.24, 2.45) is 0 Å². The Morgan fingerprint density at radius 2 is 1.92 bits per heavy atom. The summed E-state index contributed by atoms with van der Waals surface area (Å²) in [6, 6.07) is 6.83. The number of amides is 2. The number of hydrogen-bond donors (Lipinski definition) is 0. The van der Waals surface area contributed by atoms with Crippen LogP contribution in [0.1, 0.15) is 12.0 Å². The Kier molecular flexibility index (Phi) is 3.78. The predicted octanol–water partition coefficient (Wildman–Crippen LogP) is 1.42. The molecule has 0 aliphatic carbocycles. The van der Waals surface area contributed by atoms with Crippen molar-refractivity contribution in [2.75, 3.05) is 23.5 Å². The van der Waals surface area contributed by atoms with Gasteiger partial charge >= 0.3 is 0 Å². The lowest BCUT2D eigenvalue weighted by atomic mass is 10.1. The van der Waals surface area contributed by atoms with Gasteiger partial charge in [-0.3, -0.25) is 14.5 Å². The Morgan fingerprint density at radius 3 is 2.60 bits per heavy atom. The van der Waals surface area contributed by atoms with E-state index in [9.17, 15) is 18.0 Å². The summed E-state index contributed by atoms with van der Waals surface area (Å²) in [7, 11) is -1.47. The molecule has 2 fully saturated rings. The zero-order valence-corrected chi connectivity index (χ0v) is 15.7. The van der Waals surface area contributed by atoms with E-state index in [1.807, 2.05) is 18.2 Å². The fourth-order valence-corrected chi connectivity index (χ4v) is 6.59. The van der Waals surface area contributed by atoms with E-state index in [2.05, 4.69) is 0 Å². The Morgan fingerprint density at radius 1 is 1.20 bits per heavy atom. The molecule has 3 heterocycles. The number of benzene rings is 1. The minimum Gasteiger partial charge on any atom is -0.311 e. The molecule has 3 aliphatic heterocycles. The smallest absolute Gasteiger partial charge is 0.267 e. The lowest BCUT2D eigenvalue weighted by Gasteiger charge is -2.21. The lowest BCUT2D eigenvalue weighted by Crippen LogP contribution is -2.39. The van der Waals surface area contributed by atoms with E-state index < -0.39 is 15.9 Å². The van der Waals surface area contributed by atoms with Gasteiger partial charge in [0.15, 0.2) is 9.84 Å². The van der Waals surface area contributed by atoms with Crippen LogP contribution in [0.5, 0.6) is 0 Å². The van der Waals surface area contributed by atoms with Crippen LogP contribution in [0.4, 0.5) is 5.69 Å². The van der Waals surface area contributed by atoms with Gasteiger partial charge in [-0.05, 0) is 12.5 Å². The summed E-state index contributed by atoms with van der Waals surface area (Å²) < 4.78 is 23.8. The summed E-state index contributed by atoms with van der Waals surface area (Å²) in [5, 5.41) is 0. The Balaban J connectivity index is 1.78. The number of nitrogens with zero attached hydrogens (tertiary/aromatic N) is 2. The number of carbonyl (C=O) groups is 2. The monoisotopic (exact) mass is 394 g/mol. The van der Waals surface area contributed by atoms with Crippen molar-refractivity contribution in [3.05, 3.63) is 34.7 Å². The number of fused-ring (bicyclic) bond motifs is 1. The molecule has 0 radical (unpaired) electrons. The third-order valence-corrected chi connectivity index (χ3v) is 7.80. The molecule has 4 rings (SSSR count). The number of anilines is 1. The molecule has 130 valence electrons. The first-order valence-electron chi connectivity index (χ1n) is 7.67. The van der Waals surface area contributed by atoms with E-state index in [1.165, 1.54) is 9.80 Å². The van der Waals surface area contributed by atoms with Crippen LogP contribution in [-0.4, -0.2) is 54.0 Å². The first kappa shape index (κ1) is 16.7. The van der Waals surface area contributed by atoms with Crippen molar-refractivity contribution in [3.63, 3.8) is 0 Å². The van der Waals surface area contributed by atoms with E-state index in [1.54, 1.807) is 13.1 Å². The van der Waals surface area contributed by atoms with E-state index >= 15 is 0 Å². The molecule has 1 atom stereocenters. The summed E-state index contributed by atoms with van der Waals surface area (Å²) in [4.78, 5) is 28.8. The minimum atomic E-state index is -3.14. The highest BCUT2D eigenvalue weighted by Gasteiger charge is 2.45. The average Bonchev–Trinajstić information content (AvgIpc) is 3.14. The molecule has 1 aromatic rings. The van der Waals surface area contributed by atoms with Gasteiger partial charge in [0.25, 0.3) is 11.8 Å². The summed E-state index contributed by atoms with van der Waals surface area (Å²) >= 11 is 6.40. The third-order valence-electron chi connectivity index (χ3n) is 4.65. The third kappa shape index (κ3) is 2.52. The highest BCUT2D eigenvalue weighted by Crippen LogP contribution is 2.45. The van der Waals surface area contributed by atoms with Gasteiger partial charge in [-0.25, -0.2) is 8.42 Å². The molecule has 3 aliphatic rings. The van der Waals surface area contributed by atoms with Crippen molar-refractivity contribution < 1.29 is 18.0 Å². The van der Waals surface area contributed by atoms with Gasteiger partial charge in [0.1, 0.15) is 4.32 Å². The maximum absolute atomic E-state index is 13.0. The number of thioether (sulfide) groups is 1. The summed E-state index contributed by atoms with van der Waals surface area (Å²) in [5.41, 5.74) is 1.80. The van der Waals surface area contributed by atoms with E-state index in [0.717, 1.165) is 17.4 Å². The topological polar surface area (TPSA) is 74.8 Å². The SMILES string of the molecule is CN1C(=O)/C(=C2\SC(=S)N([C@H]3CCS(=O)(=O)C3)C2=O)c2ccccc21. The summed E-state index contributed by atoms with van der Waals surface area (Å²) in [6.07, 6.45) is 0.377. The standard InChI is InChI=1S/C16H14N2O4S3/c1-17-11-5-3-2-4-10(11)12(14(17)19)13-15(20)18(16(23)24-13)9-6-7-25(21,22)8-9/h2-5,9H,6-8H2,1H3/b13-12-/t9-/m0/s1. The molecule has 6 nitrogen and oxygen atoms in total. The van der Waals surface area contributed by atoms with Gasteiger partial charge in [0, 0.05) is 12.6 Å². The van der Waals surface area contributed by atoms with Crippen molar-refractivity contribution in [1.82, 2.24) is 4.90 Å². The second-order valence-corrected chi connectivity index (χ2v) is 10.1. The number of carbonyl (C=O) groups excluding carboxylic acids is 2. The fourth-order valence-electron chi connectivity index (χ4n) is 3.41. The summed E-state index contributed by atoms with van der Waals surface area (Å²) in [6.45, 7) is 0. The van der Waals surface area contributed by atoms with E-state index in [-0.39, 0.29) is 28.2 Å². The van der Waals surface area contributed by atoms with Crippen LogP contribution in [0.25, 0.3) is 5.57 Å². The maximum atomic E-state index is 13.0. The predicted molar refractivity (Wildman–Crippen MR) is 101 cm³/mol. The quantitative estimate of drug-likeness (QED) is 0.530. The molecule has 1 aromatic carbocycles. The molecular weight excluding hydrogens is 380 g/mol. The van der Waals surface area contributed by atoms with E-state index in [4.69, 9.17) is 12.2 Å². The van der Waals surface area contributed by atoms with Crippen LogP contribution in [0.2, 0.25) is 0 Å². The second kappa shape index (κ2) is 5.65. The van der Waals surface area contributed by atoms with Gasteiger partial charge in [-0.2, -0.15) is 0 Å². The number of para-hydroxylation sites is 1. The molecule has 0 saturated carbocycles. The highest BCUT2D eigenvalue weighted by atomic mass is 32.2. The molecule has 0 N–H and O–H groups in total. The molecule has 0 unspecified atom stereocenters. The van der Waals surface area contributed by atoms with Crippen LogP contribution in [0.15, 0.2) is 29.2 Å². The molecule has 0 spiro atoms. The van der Waals surface area contributed by atoms with Gasteiger partial charge < -0.3 is 4.90 Å². The first-order valence-corrected chi connectivity index (χ1v) is 10.7. The van der Waals surface area contributed by atoms with Crippen LogP contribution < -0.4 is 4.90 Å². The van der Waals surface area contributed by atoms with Crippen LogP contribution in [-0.2, 0) is 19.4 Å². The second-order valence-electron chi connectivity index (χ2n) is 6.19. The minimum absolute atomic E-state index is 0.0606. The molecular formula is C16H14N2O4S3. The van der Waals surface area contributed by atoms with Gasteiger partial charge in [-0.15, -0.1) is 0 Å². The number of hydrogen-bond acceptors (Lipinski definition) is 6. The van der Waals surface area contributed by atoms with Crippen LogP contribution in [0, 0.1) is 0 Å². The molecule has 2 saturated heterocycles. The number of rotatable bonds is 1. The average molecular weight is 394 g/mol. The normalized spacial score (nSPS) is 28.2. The largest absolute Gasteiger partial charge is 0.311 e. The zero-order chi connectivity index (χ0) is 17.9. The van der Waals surface area contributed by atoms with Gasteiger partial charge in [0.05, 0.1) is 33.7 Å². The zero-order valence-electron chi connectivity index (χ0n) is 13.3. The fraction of sp³-hybridized carbons (Fsp3) is 0.312. The van der Waals surface area contributed by atoms with E-state index in [0.29, 0.717) is 21.9 Å². The van der Waals surface area contributed by atoms with Crippen LogP contribution in [0.3, 0.4) is 0 Å². The molecule has 0 aromatic heterocycles. The lowest BCUT2D eigenvalue weighted by molar-refractivity contribution is -0.123. The Labute approximate surface area is 154 Å². The number of thiocarbonyl (C=S) groups is 1. The highest BCUT2D eigenvalue weighted by molar-refractivity contribution is 8.26. The molecule has 0 bridgehead atoms. The summed E-state index contributed by atoms with van der Waals surface area (Å²) in [5.74, 6) is -0.635.